The monoisotopic (exact) mass is 511 g/mol. The summed E-state index contributed by atoms with van der Waals surface area (Å²) in [6.45, 7) is 6.75. The Hall–Kier alpha value is -3.68. The highest BCUT2D eigenvalue weighted by molar-refractivity contribution is 6.11. The molecule has 0 saturated heterocycles. The van der Waals surface area contributed by atoms with E-state index >= 15 is 0 Å². The molecule has 0 radical (unpaired) electrons. The summed E-state index contributed by atoms with van der Waals surface area (Å²) in [5, 5.41) is 0. The third kappa shape index (κ3) is 4.61. The van der Waals surface area contributed by atoms with Crippen LogP contribution < -0.4 is 19.1 Å². The molecule has 3 aromatic carbocycles. The minimum absolute atomic E-state index is 0.0934. The zero-order valence-electron chi connectivity index (χ0n) is 20.9. The van der Waals surface area contributed by atoms with E-state index in [1.54, 1.807) is 17.0 Å². The van der Waals surface area contributed by atoms with E-state index in [1.807, 2.05) is 63.2 Å². The maximum absolute atomic E-state index is 14.4. The van der Waals surface area contributed by atoms with E-state index in [-0.39, 0.29) is 18.2 Å². The molecule has 1 spiro atoms. The predicted octanol–water partition coefficient (Wildman–Crippen LogP) is 6.77. The summed E-state index contributed by atoms with van der Waals surface area (Å²) in [7, 11) is 0. The van der Waals surface area contributed by atoms with Crippen LogP contribution in [0.3, 0.4) is 0 Å². The molecule has 5 nitrogen and oxygen atoms in total. The van der Waals surface area contributed by atoms with Gasteiger partial charge in [-0.2, -0.15) is 0 Å². The van der Waals surface area contributed by atoms with Crippen LogP contribution in [0.2, 0.25) is 0 Å². The highest BCUT2D eigenvalue weighted by Crippen LogP contribution is 2.56. The minimum Gasteiger partial charge on any atom is -0.493 e. The molecule has 0 aliphatic carbocycles. The zero-order chi connectivity index (χ0) is 26.4. The van der Waals surface area contributed by atoms with Crippen molar-refractivity contribution >= 4 is 11.6 Å². The van der Waals surface area contributed by atoms with Crippen LogP contribution in [-0.2, 0) is 16.8 Å². The van der Waals surface area contributed by atoms with Crippen molar-refractivity contribution in [3.8, 4) is 17.2 Å². The highest BCUT2D eigenvalue weighted by Gasteiger charge is 2.58. The van der Waals surface area contributed by atoms with E-state index < -0.39 is 17.4 Å². The quantitative estimate of drug-likeness (QED) is 0.367. The molecule has 2 aliphatic rings. The summed E-state index contributed by atoms with van der Waals surface area (Å²) >= 11 is 0. The van der Waals surface area contributed by atoms with E-state index in [9.17, 15) is 18.0 Å². The van der Waals surface area contributed by atoms with E-state index in [4.69, 9.17) is 9.47 Å². The van der Waals surface area contributed by atoms with Crippen molar-refractivity contribution in [2.45, 2.75) is 57.5 Å². The number of halogens is 3. The number of carbonyl (C=O) groups excluding carboxylic acids is 1. The molecule has 37 heavy (non-hydrogen) atoms. The first-order chi connectivity index (χ1) is 17.5. The number of rotatable bonds is 6. The van der Waals surface area contributed by atoms with E-state index in [2.05, 4.69) is 4.74 Å². The van der Waals surface area contributed by atoms with Gasteiger partial charge in [-0.3, -0.25) is 4.79 Å². The van der Waals surface area contributed by atoms with Gasteiger partial charge in [0.15, 0.2) is 0 Å². The summed E-state index contributed by atoms with van der Waals surface area (Å²) in [5.74, 6) is 0.903. The Balaban J connectivity index is 1.55. The molecule has 0 N–H and O–H groups in total. The van der Waals surface area contributed by atoms with Crippen LogP contribution in [0.25, 0.3) is 0 Å². The molecule has 3 aromatic rings. The molecule has 5 rings (SSSR count). The molecule has 0 aromatic heterocycles. The average molecular weight is 512 g/mol. The van der Waals surface area contributed by atoms with Gasteiger partial charge in [0.2, 0.25) is 5.91 Å². The molecule has 0 bridgehead atoms. The molecule has 2 aliphatic heterocycles. The topological polar surface area (TPSA) is 48.0 Å². The van der Waals surface area contributed by atoms with Crippen molar-refractivity contribution in [3.05, 3.63) is 83.4 Å². The largest absolute Gasteiger partial charge is 0.573 e. The van der Waals surface area contributed by atoms with Gasteiger partial charge in [-0.05, 0) is 55.7 Å². The number of para-hydroxylation sites is 1. The summed E-state index contributed by atoms with van der Waals surface area (Å²) in [6.07, 6.45) is -3.45. The molecule has 1 atom stereocenters. The molecule has 194 valence electrons. The standard InChI is InChI=1S/C29H28F3NO4/c1-4-15-35-21-13-14-23-25(16-21)37-27(2,3)18-28(23)22-7-5-6-8-24(22)33(26(28)34)17-19-9-11-20(12-10-19)36-29(30,31)32/h5-14,16H,4,15,17-18H2,1-3H3/t28-/m1/s1. The van der Waals surface area contributed by atoms with Crippen molar-refractivity contribution in [1.29, 1.82) is 0 Å². The van der Waals surface area contributed by atoms with Crippen molar-refractivity contribution in [2.24, 2.45) is 0 Å². The SMILES string of the molecule is CCCOc1ccc2c(c1)OC(C)(C)C[C@]21C(=O)N(Cc2ccc(OC(F)(F)F)cc2)c2ccccc21. The normalized spacial score (nSPS) is 19.8. The number of amides is 1. The van der Waals surface area contributed by atoms with Crippen LogP contribution in [0.15, 0.2) is 66.7 Å². The average Bonchev–Trinajstić information content (AvgIpc) is 3.05. The second-order valence-electron chi connectivity index (χ2n) is 10.1. The number of fused-ring (bicyclic) bond motifs is 4. The van der Waals surface area contributed by atoms with E-state index in [1.165, 1.54) is 12.1 Å². The maximum atomic E-state index is 14.4. The van der Waals surface area contributed by atoms with E-state index in [0.717, 1.165) is 23.2 Å². The Morgan fingerprint density at radius 3 is 2.38 bits per heavy atom. The Bertz CT molecular complexity index is 1320. The van der Waals surface area contributed by atoms with Crippen molar-refractivity contribution in [1.82, 2.24) is 0 Å². The van der Waals surface area contributed by atoms with Gasteiger partial charge in [0.1, 0.15) is 28.3 Å². The Labute approximate surface area is 213 Å². The van der Waals surface area contributed by atoms with Crippen molar-refractivity contribution in [3.63, 3.8) is 0 Å². The number of hydrogen-bond acceptors (Lipinski definition) is 4. The van der Waals surface area contributed by atoms with Crippen LogP contribution in [0.4, 0.5) is 18.9 Å². The van der Waals surface area contributed by atoms with Crippen LogP contribution in [0.1, 0.15) is 50.3 Å². The number of alkyl halides is 3. The lowest BCUT2D eigenvalue weighted by molar-refractivity contribution is -0.274. The minimum atomic E-state index is -4.76. The van der Waals surface area contributed by atoms with Crippen LogP contribution in [-0.4, -0.2) is 24.5 Å². The van der Waals surface area contributed by atoms with Crippen molar-refractivity contribution < 1.29 is 32.2 Å². The molecule has 0 fully saturated rings. The number of anilines is 1. The molecule has 1 amide bonds. The summed E-state index contributed by atoms with van der Waals surface area (Å²) < 4.78 is 53.8. The predicted molar refractivity (Wildman–Crippen MR) is 133 cm³/mol. The lowest BCUT2D eigenvalue weighted by Crippen LogP contribution is -2.50. The molecule has 8 heteroatoms. The highest BCUT2D eigenvalue weighted by atomic mass is 19.4. The fourth-order valence-electron chi connectivity index (χ4n) is 5.41. The smallest absolute Gasteiger partial charge is 0.493 e. The van der Waals surface area contributed by atoms with Gasteiger partial charge >= 0.3 is 6.36 Å². The fourth-order valence-corrected chi connectivity index (χ4v) is 5.41. The molecule has 2 heterocycles. The van der Waals surface area contributed by atoms with Gasteiger partial charge < -0.3 is 19.1 Å². The Morgan fingerprint density at radius 2 is 1.68 bits per heavy atom. The van der Waals surface area contributed by atoms with Gasteiger partial charge in [0.25, 0.3) is 0 Å². The number of hydrogen-bond donors (Lipinski definition) is 0. The number of ether oxygens (including phenoxy) is 3. The molecule has 0 saturated carbocycles. The third-order valence-corrected chi connectivity index (χ3v) is 6.73. The molecule has 0 unspecified atom stereocenters. The first-order valence-electron chi connectivity index (χ1n) is 12.2. The Kier molecular flexibility index (Phi) is 6.09. The van der Waals surface area contributed by atoms with Crippen molar-refractivity contribution in [2.75, 3.05) is 11.5 Å². The number of carbonyl (C=O) groups is 1. The van der Waals surface area contributed by atoms with Gasteiger partial charge in [0, 0.05) is 23.7 Å². The first-order valence-corrected chi connectivity index (χ1v) is 12.2. The van der Waals surface area contributed by atoms with E-state index in [0.29, 0.717) is 30.1 Å². The summed E-state index contributed by atoms with van der Waals surface area (Å²) in [4.78, 5) is 16.1. The summed E-state index contributed by atoms with van der Waals surface area (Å²) in [6, 6.07) is 18.9. The third-order valence-electron chi connectivity index (χ3n) is 6.73. The summed E-state index contributed by atoms with van der Waals surface area (Å²) in [5.41, 5.74) is 1.53. The molecular weight excluding hydrogens is 483 g/mol. The van der Waals surface area contributed by atoms with Crippen LogP contribution in [0, 0.1) is 0 Å². The lowest BCUT2D eigenvalue weighted by Gasteiger charge is -2.43. The van der Waals surface area contributed by atoms with Gasteiger partial charge in [0.05, 0.1) is 13.2 Å². The van der Waals surface area contributed by atoms with Gasteiger partial charge in [-0.25, -0.2) is 0 Å². The molecular formula is C29H28F3NO4. The van der Waals surface area contributed by atoms with Crippen LogP contribution >= 0.6 is 0 Å². The zero-order valence-corrected chi connectivity index (χ0v) is 20.9. The number of benzene rings is 3. The lowest BCUT2D eigenvalue weighted by atomic mass is 9.67. The Morgan fingerprint density at radius 1 is 0.973 bits per heavy atom. The maximum Gasteiger partial charge on any atom is 0.573 e. The van der Waals surface area contributed by atoms with Crippen LogP contribution in [0.5, 0.6) is 17.2 Å². The first kappa shape index (κ1) is 25.0. The fraction of sp³-hybridized carbons (Fsp3) is 0.345. The second kappa shape index (κ2) is 9.01. The second-order valence-corrected chi connectivity index (χ2v) is 10.1. The van der Waals surface area contributed by atoms with Gasteiger partial charge in [-0.1, -0.05) is 43.3 Å². The van der Waals surface area contributed by atoms with Gasteiger partial charge in [-0.15, -0.1) is 13.2 Å². The number of nitrogens with zero attached hydrogens (tertiary/aromatic N) is 1.